The van der Waals surface area contributed by atoms with E-state index < -0.39 is 0 Å². The SMILES string of the molecule is CC(c1ccccc1Cl)N(C)c1ccncc1N. The zero-order valence-corrected chi connectivity index (χ0v) is 11.2. The lowest BCUT2D eigenvalue weighted by Gasteiger charge is -2.28. The minimum atomic E-state index is 0.142. The molecule has 0 amide bonds. The van der Waals surface area contributed by atoms with Crippen molar-refractivity contribution in [2.75, 3.05) is 17.7 Å². The number of aromatic nitrogens is 1. The molecule has 1 heterocycles. The van der Waals surface area contributed by atoms with Crippen LogP contribution in [0.15, 0.2) is 42.7 Å². The van der Waals surface area contributed by atoms with E-state index in [4.69, 9.17) is 17.3 Å². The Morgan fingerprint density at radius 3 is 2.67 bits per heavy atom. The highest BCUT2D eigenvalue weighted by Gasteiger charge is 2.16. The standard InChI is InChI=1S/C14H16ClN3/c1-10(11-5-3-4-6-12(11)15)18(2)14-7-8-17-9-13(14)16/h3-10H,16H2,1-2H3. The number of nitrogens with two attached hydrogens (primary N) is 1. The number of anilines is 2. The van der Waals surface area contributed by atoms with E-state index in [1.165, 1.54) is 0 Å². The third-order valence-electron chi connectivity index (χ3n) is 3.14. The minimum Gasteiger partial charge on any atom is -0.396 e. The second-order valence-corrected chi connectivity index (χ2v) is 4.65. The number of nitrogen functional groups attached to an aromatic ring is 1. The van der Waals surface area contributed by atoms with Crippen molar-refractivity contribution in [3.8, 4) is 0 Å². The molecule has 94 valence electrons. The van der Waals surface area contributed by atoms with Crippen LogP contribution in [0.5, 0.6) is 0 Å². The van der Waals surface area contributed by atoms with E-state index >= 15 is 0 Å². The molecule has 2 N–H and O–H groups in total. The highest BCUT2D eigenvalue weighted by molar-refractivity contribution is 6.31. The summed E-state index contributed by atoms with van der Waals surface area (Å²) >= 11 is 6.22. The normalized spacial score (nSPS) is 12.2. The van der Waals surface area contributed by atoms with Crippen LogP contribution in [0.2, 0.25) is 5.02 Å². The third-order valence-corrected chi connectivity index (χ3v) is 3.49. The predicted molar refractivity (Wildman–Crippen MR) is 76.9 cm³/mol. The number of benzene rings is 1. The van der Waals surface area contributed by atoms with Crippen molar-refractivity contribution < 1.29 is 0 Å². The largest absolute Gasteiger partial charge is 0.396 e. The first kappa shape index (κ1) is 12.7. The van der Waals surface area contributed by atoms with Crippen LogP contribution in [-0.4, -0.2) is 12.0 Å². The number of nitrogens with zero attached hydrogens (tertiary/aromatic N) is 2. The van der Waals surface area contributed by atoms with E-state index in [0.717, 1.165) is 16.3 Å². The van der Waals surface area contributed by atoms with E-state index in [1.807, 2.05) is 37.4 Å². The molecule has 1 unspecified atom stereocenters. The molecule has 0 spiro atoms. The minimum absolute atomic E-state index is 0.142. The maximum Gasteiger partial charge on any atom is 0.0738 e. The molecule has 0 radical (unpaired) electrons. The maximum atomic E-state index is 6.22. The molecule has 4 heteroatoms. The summed E-state index contributed by atoms with van der Waals surface area (Å²) in [4.78, 5) is 6.09. The molecular formula is C14H16ClN3. The van der Waals surface area contributed by atoms with Gasteiger partial charge in [-0.2, -0.15) is 0 Å². The number of halogens is 1. The van der Waals surface area contributed by atoms with Gasteiger partial charge in [-0.05, 0) is 24.6 Å². The first-order valence-electron chi connectivity index (χ1n) is 5.78. The van der Waals surface area contributed by atoms with Crippen molar-refractivity contribution in [3.63, 3.8) is 0 Å². The number of pyridine rings is 1. The highest BCUT2D eigenvalue weighted by Crippen LogP contribution is 2.31. The highest BCUT2D eigenvalue weighted by atomic mass is 35.5. The first-order chi connectivity index (χ1) is 8.61. The van der Waals surface area contributed by atoms with E-state index in [2.05, 4.69) is 16.8 Å². The van der Waals surface area contributed by atoms with Crippen molar-refractivity contribution >= 4 is 23.0 Å². The summed E-state index contributed by atoms with van der Waals surface area (Å²) in [7, 11) is 2.00. The zero-order valence-electron chi connectivity index (χ0n) is 10.5. The lowest BCUT2D eigenvalue weighted by atomic mass is 10.1. The summed E-state index contributed by atoms with van der Waals surface area (Å²) in [5.41, 5.74) is 8.64. The molecule has 0 aliphatic heterocycles. The van der Waals surface area contributed by atoms with Crippen LogP contribution in [0.1, 0.15) is 18.5 Å². The summed E-state index contributed by atoms with van der Waals surface area (Å²) in [6, 6.07) is 9.89. The van der Waals surface area contributed by atoms with Gasteiger partial charge in [-0.15, -0.1) is 0 Å². The molecule has 1 aromatic carbocycles. The van der Waals surface area contributed by atoms with E-state index in [9.17, 15) is 0 Å². The molecule has 1 aromatic heterocycles. The Balaban J connectivity index is 2.33. The molecule has 0 aliphatic rings. The molecular weight excluding hydrogens is 246 g/mol. The first-order valence-corrected chi connectivity index (χ1v) is 6.16. The maximum absolute atomic E-state index is 6.22. The van der Waals surface area contributed by atoms with Gasteiger partial charge in [0.25, 0.3) is 0 Å². The average molecular weight is 262 g/mol. The van der Waals surface area contributed by atoms with E-state index in [1.54, 1.807) is 12.4 Å². The summed E-state index contributed by atoms with van der Waals surface area (Å²) in [6.45, 7) is 2.10. The molecule has 0 bridgehead atoms. The fourth-order valence-electron chi connectivity index (χ4n) is 1.95. The van der Waals surface area contributed by atoms with Crippen LogP contribution in [-0.2, 0) is 0 Å². The van der Waals surface area contributed by atoms with Crippen molar-refractivity contribution in [1.29, 1.82) is 0 Å². The summed E-state index contributed by atoms with van der Waals surface area (Å²) < 4.78 is 0. The fraction of sp³-hybridized carbons (Fsp3) is 0.214. The molecule has 0 saturated carbocycles. The molecule has 3 nitrogen and oxygen atoms in total. The molecule has 0 saturated heterocycles. The Labute approximate surface area is 112 Å². The van der Waals surface area contributed by atoms with Crippen LogP contribution >= 0.6 is 11.6 Å². The number of hydrogen-bond donors (Lipinski definition) is 1. The smallest absolute Gasteiger partial charge is 0.0738 e. The summed E-state index contributed by atoms with van der Waals surface area (Å²) in [5.74, 6) is 0. The zero-order chi connectivity index (χ0) is 13.1. The topological polar surface area (TPSA) is 42.2 Å². The van der Waals surface area contributed by atoms with Gasteiger partial charge in [-0.3, -0.25) is 4.98 Å². The number of rotatable bonds is 3. The van der Waals surface area contributed by atoms with Crippen LogP contribution in [0, 0.1) is 0 Å². The Bertz CT molecular complexity index is 493. The third kappa shape index (κ3) is 2.41. The molecule has 2 rings (SSSR count). The van der Waals surface area contributed by atoms with Crippen molar-refractivity contribution in [2.45, 2.75) is 13.0 Å². The molecule has 0 fully saturated rings. The Kier molecular flexibility index (Phi) is 3.72. The predicted octanol–water partition coefficient (Wildman–Crippen LogP) is 3.51. The average Bonchev–Trinajstić information content (AvgIpc) is 2.38. The summed E-state index contributed by atoms with van der Waals surface area (Å²) in [5, 5.41) is 0.768. The van der Waals surface area contributed by atoms with Crippen molar-refractivity contribution in [3.05, 3.63) is 53.3 Å². The van der Waals surface area contributed by atoms with Crippen LogP contribution in [0.3, 0.4) is 0 Å². The van der Waals surface area contributed by atoms with Gasteiger partial charge in [-0.1, -0.05) is 29.8 Å². The lowest BCUT2D eigenvalue weighted by molar-refractivity contribution is 0.740. The van der Waals surface area contributed by atoms with Gasteiger partial charge in [0, 0.05) is 18.3 Å². The molecule has 1 atom stereocenters. The van der Waals surface area contributed by atoms with Gasteiger partial charge in [0.1, 0.15) is 0 Å². The second-order valence-electron chi connectivity index (χ2n) is 4.24. The molecule has 2 aromatic rings. The van der Waals surface area contributed by atoms with Crippen LogP contribution in [0.4, 0.5) is 11.4 Å². The van der Waals surface area contributed by atoms with Gasteiger partial charge in [0.05, 0.1) is 23.6 Å². The fourth-order valence-corrected chi connectivity index (χ4v) is 2.25. The van der Waals surface area contributed by atoms with E-state index in [-0.39, 0.29) is 6.04 Å². The van der Waals surface area contributed by atoms with Crippen molar-refractivity contribution in [1.82, 2.24) is 4.98 Å². The molecule has 18 heavy (non-hydrogen) atoms. The van der Waals surface area contributed by atoms with Gasteiger partial charge in [0.2, 0.25) is 0 Å². The Morgan fingerprint density at radius 1 is 1.28 bits per heavy atom. The van der Waals surface area contributed by atoms with Crippen LogP contribution in [0.25, 0.3) is 0 Å². The Hall–Kier alpha value is -1.74. The van der Waals surface area contributed by atoms with Crippen LogP contribution < -0.4 is 10.6 Å². The molecule has 0 aliphatic carbocycles. The lowest BCUT2D eigenvalue weighted by Crippen LogP contribution is -2.22. The Morgan fingerprint density at radius 2 is 2.00 bits per heavy atom. The monoisotopic (exact) mass is 261 g/mol. The van der Waals surface area contributed by atoms with Gasteiger partial charge < -0.3 is 10.6 Å². The number of hydrogen-bond acceptors (Lipinski definition) is 3. The summed E-state index contributed by atoms with van der Waals surface area (Å²) in [6.07, 6.45) is 3.40. The van der Waals surface area contributed by atoms with Gasteiger partial charge >= 0.3 is 0 Å². The van der Waals surface area contributed by atoms with Crippen molar-refractivity contribution in [2.24, 2.45) is 0 Å². The van der Waals surface area contributed by atoms with E-state index in [0.29, 0.717) is 5.69 Å². The quantitative estimate of drug-likeness (QED) is 0.919. The van der Waals surface area contributed by atoms with Gasteiger partial charge in [-0.25, -0.2) is 0 Å². The second kappa shape index (κ2) is 5.27. The van der Waals surface area contributed by atoms with Gasteiger partial charge in [0.15, 0.2) is 0 Å².